The molecule has 1 fully saturated rings. The van der Waals surface area contributed by atoms with Crippen molar-refractivity contribution in [2.24, 2.45) is 0 Å². The molecule has 6 heteroatoms. The van der Waals surface area contributed by atoms with Gasteiger partial charge in [-0.2, -0.15) is 0 Å². The van der Waals surface area contributed by atoms with Crippen molar-refractivity contribution in [1.29, 1.82) is 0 Å². The van der Waals surface area contributed by atoms with Crippen LogP contribution in [-0.2, 0) is 9.53 Å². The SMILES string of the molecule is Cc1nccc([C@@H]2CN(C(=O)CN(C)C)CCO2)n1. The molecule has 2 heterocycles. The van der Waals surface area contributed by atoms with Gasteiger partial charge in [-0.1, -0.05) is 0 Å². The predicted octanol–water partition coefficient (Wildman–Crippen LogP) is 0.247. The fourth-order valence-electron chi connectivity index (χ4n) is 2.08. The summed E-state index contributed by atoms with van der Waals surface area (Å²) < 4.78 is 5.71. The number of hydrogen-bond donors (Lipinski definition) is 0. The fraction of sp³-hybridized carbons (Fsp3) is 0.615. The summed E-state index contributed by atoms with van der Waals surface area (Å²) in [5.74, 6) is 0.849. The molecule has 0 saturated carbocycles. The number of morpholine rings is 1. The van der Waals surface area contributed by atoms with Crippen molar-refractivity contribution in [3.63, 3.8) is 0 Å². The molecule has 0 aromatic carbocycles. The van der Waals surface area contributed by atoms with E-state index in [1.165, 1.54) is 0 Å². The van der Waals surface area contributed by atoms with Gasteiger partial charge in [0.05, 0.1) is 25.4 Å². The highest BCUT2D eigenvalue weighted by Gasteiger charge is 2.26. The van der Waals surface area contributed by atoms with Gasteiger partial charge in [-0.3, -0.25) is 4.79 Å². The molecule has 0 N–H and O–H groups in total. The molecule has 19 heavy (non-hydrogen) atoms. The van der Waals surface area contributed by atoms with E-state index in [1.807, 2.05) is 36.9 Å². The number of hydrogen-bond acceptors (Lipinski definition) is 5. The summed E-state index contributed by atoms with van der Waals surface area (Å²) in [4.78, 5) is 24.2. The molecule has 1 atom stereocenters. The Balaban J connectivity index is 2.03. The van der Waals surface area contributed by atoms with E-state index in [2.05, 4.69) is 9.97 Å². The van der Waals surface area contributed by atoms with Gasteiger partial charge in [0.15, 0.2) is 0 Å². The van der Waals surface area contributed by atoms with E-state index in [-0.39, 0.29) is 12.0 Å². The first-order chi connectivity index (χ1) is 9.06. The van der Waals surface area contributed by atoms with Crippen LogP contribution in [0.1, 0.15) is 17.6 Å². The summed E-state index contributed by atoms with van der Waals surface area (Å²) in [7, 11) is 3.78. The normalized spacial score (nSPS) is 19.8. The number of amides is 1. The first-order valence-electron chi connectivity index (χ1n) is 6.40. The van der Waals surface area contributed by atoms with Crippen LogP contribution in [0.25, 0.3) is 0 Å². The summed E-state index contributed by atoms with van der Waals surface area (Å²) in [5.41, 5.74) is 0.842. The Kier molecular flexibility index (Phi) is 4.44. The van der Waals surface area contributed by atoms with E-state index in [9.17, 15) is 4.79 Å². The third kappa shape index (κ3) is 3.71. The number of carbonyl (C=O) groups excluding carboxylic acids is 1. The van der Waals surface area contributed by atoms with Gasteiger partial charge < -0.3 is 14.5 Å². The highest BCUT2D eigenvalue weighted by molar-refractivity contribution is 5.78. The Labute approximate surface area is 113 Å². The molecule has 1 amide bonds. The number of aryl methyl sites for hydroxylation is 1. The zero-order valence-corrected chi connectivity index (χ0v) is 11.7. The molecule has 0 aliphatic carbocycles. The molecule has 6 nitrogen and oxygen atoms in total. The van der Waals surface area contributed by atoms with Gasteiger partial charge in [0.2, 0.25) is 5.91 Å². The number of nitrogens with zero attached hydrogens (tertiary/aromatic N) is 4. The van der Waals surface area contributed by atoms with Crippen molar-refractivity contribution < 1.29 is 9.53 Å². The van der Waals surface area contributed by atoms with Crippen LogP contribution in [0, 0.1) is 6.92 Å². The smallest absolute Gasteiger partial charge is 0.236 e. The van der Waals surface area contributed by atoms with Crippen molar-refractivity contribution in [3.05, 3.63) is 23.8 Å². The Morgan fingerprint density at radius 2 is 2.37 bits per heavy atom. The summed E-state index contributed by atoms with van der Waals surface area (Å²) in [6.07, 6.45) is 1.57. The first kappa shape index (κ1) is 13.9. The minimum Gasteiger partial charge on any atom is -0.368 e. The average Bonchev–Trinajstić information content (AvgIpc) is 2.38. The van der Waals surface area contributed by atoms with Crippen LogP contribution in [-0.4, -0.2) is 66.0 Å². The lowest BCUT2D eigenvalue weighted by atomic mass is 10.2. The topological polar surface area (TPSA) is 58.6 Å². The van der Waals surface area contributed by atoms with E-state index in [1.54, 1.807) is 6.20 Å². The number of rotatable bonds is 3. The quantitative estimate of drug-likeness (QED) is 0.783. The van der Waals surface area contributed by atoms with Gasteiger partial charge in [0.25, 0.3) is 0 Å². The Hall–Kier alpha value is -1.53. The molecule has 0 radical (unpaired) electrons. The molecular formula is C13H20N4O2. The average molecular weight is 264 g/mol. The second kappa shape index (κ2) is 6.08. The second-order valence-corrected chi connectivity index (χ2v) is 4.97. The van der Waals surface area contributed by atoms with E-state index >= 15 is 0 Å². The van der Waals surface area contributed by atoms with Crippen LogP contribution >= 0.6 is 0 Å². The fourth-order valence-corrected chi connectivity index (χ4v) is 2.08. The van der Waals surface area contributed by atoms with Crippen LogP contribution in [0.15, 0.2) is 12.3 Å². The van der Waals surface area contributed by atoms with Gasteiger partial charge in [-0.15, -0.1) is 0 Å². The van der Waals surface area contributed by atoms with Gasteiger partial charge in [0.1, 0.15) is 11.9 Å². The minimum atomic E-state index is -0.151. The molecule has 1 aliphatic heterocycles. The molecule has 0 spiro atoms. The Morgan fingerprint density at radius 3 is 3.05 bits per heavy atom. The number of aromatic nitrogens is 2. The molecule has 1 aliphatic rings. The van der Waals surface area contributed by atoms with Crippen molar-refractivity contribution in [2.45, 2.75) is 13.0 Å². The van der Waals surface area contributed by atoms with Crippen LogP contribution in [0.5, 0.6) is 0 Å². The van der Waals surface area contributed by atoms with Gasteiger partial charge >= 0.3 is 0 Å². The summed E-state index contributed by atoms with van der Waals surface area (Å²) in [6, 6.07) is 1.84. The lowest BCUT2D eigenvalue weighted by Gasteiger charge is -2.33. The maximum absolute atomic E-state index is 12.0. The van der Waals surface area contributed by atoms with E-state index in [4.69, 9.17) is 4.74 Å². The molecule has 1 saturated heterocycles. The summed E-state index contributed by atoms with van der Waals surface area (Å²) in [6.45, 7) is 4.03. The zero-order valence-electron chi connectivity index (χ0n) is 11.7. The van der Waals surface area contributed by atoms with Crippen molar-refractivity contribution in [1.82, 2.24) is 19.8 Å². The maximum Gasteiger partial charge on any atom is 0.236 e. The molecule has 1 aromatic rings. The summed E-state index contributed by atoms with van der Waals surface area (Å²) in [5, 5.41) is 0. The number of carbonyl (C=O) groups is 1. The minimum absolute atomic E-state index is 0.129. The third-order valence-electron chi connectivity index (χ3n) is 3.00. The van der Waals surface area contributed by atoms with Crippen LogP contribution in [0.3, 0.4) is 0 Å². The predicted molar refractivity (Wildman–Crippen MR) is 70.6 cm³/mol. The molecule has 104 valence electrons. The van der Waals surface area contributed by atoms with Crippen molar-refractivity contribution >= 4 is 5.91 Å². The lowest BCUT2D eigenvalue weighted by Crippen LogP contribution is -2.45. The largest absolute Gasteiger partial charge is 0.368 e. The molecule has 0 bridgehead atoms. The maximum atomic E-state index is 12.0. The Morgan fingerprint density at radius 1 is 1.58 bits per heavy atom. The first-order valence-corrected chi connectivity index (χ1v) is 6.40. The van der Waals surface area contributed by atoms with Crippen LogP contribution < -0.4 is 0 Å². The van der Waals surface area contributed by atoms with Gasteiger partial charge in [-0.05, 0) is 27.1 Å². The zero-order chi connectivity index (χ0) is 13.8. The van der Waals surface area contributed by atoms with Crippen LogP contribution in [0.2, 0.25) is 0 Å². The standard InChI is InChI=1S/C13H20N4O2/c1-10-14-5-4-11(15-10)12-8-17(6-7-19-12)13(18)9-16(2)3/h4-5,12H,6-9H2,1-3H3/t12-/m0/s1. The van der Waals surface area contributed by atoms with E-state index in [0.717, 1.165) is 11.5 Å². The monoisotopic (exact) mass is 264 g/mol. The summed E-state index contributed by atoms with van der Waals surface area (Å²) >= 11 is 0. The van der Waals surface area contributed by atoms with E-state index < -0.39 is 0 Å². The number of likely N-dealkylation sites (N-methyl/N-ethyl adjacent to an activating group) is 1. The van der Waals surface area contributed by atoms with Gasteiger partial charge in [0, 0.05) is 12.7 Å². The van der Waals surface area contributed by atoms with Crippen LogP contribution in [0.4, 0.5) is 0 Å². The lowest BCUT2D eigenvalue weighted by molar-refractivity contribution is -0.139. The third-order valence-corrected chi connectivity index (χ3v) is 3.00. The molecular weight excluding hydrogens is 244 g/mol. The molecule has 0 unspecified atom stereocenters. The highest BCUT2D eigenvalue weighted by atomic mass is 16.5. The Bertz CT molecular complexity index is 450. The highest BCUT2D eigenvalue weighted by Crippen LogP contribution is 2.20. The van der Waals surface area contributed by atoms with Crippen molar-refractivity contribution in [3.8, 4) is 0 Å². The number of ether oxygens (including phenoxy) is 1. The molecule has 2 rings (SSSR count). The van der Waals surface area contributed by atoms with Gasteiger partial charge in [-0.25, -0.2) is 9.97 Å². The molecule has 1 aromatic heterocycles. The van der Waals surface area contributed by atoms with E-state index in [0.29, 0.717) is 26.2 Å². The second-order valence-electron chi connectivity index (χ2n) is 4.97. The van der Waals surface area contributed by atoms with Crippen molar-refractivity contribution in [2.75, 3.05) is 40.3 Å².